The molecule has 4 nitrogen and oxygen atoms in total. The fourth-order valence-corrected chi connectivity index (χ4v) is 2.40. The van der Waals surface area contributed by atoms with Gasteiger partial charge in [-0.25, -0.2) is 9.37 Å². The molecule has 22 heavy (non-hydrogen) atoms. The monoisotopic (exact) mass is 359 g/mol. The van der Waals surface area contributed by atoms with Gasteiger partial charge < -0.3 is 9.88 Å². The molecule has 3 rings (SSSR count). The Kier molecular flexibility index (Phi) is 4.02. The van der Waals surface area contributed by atoms with Crippen molar-refractivity contribution in [2.45, 2.75) is 0 Å². The average molecular weight is 360 g/mol. The highest BCUT2D eigenvalue weighted by molar-refractivity contribution is 9.10. The molecule has 0 fully saturated rings. The number of carbonyl (C=O) groups is 1. The van der Waals surface area contributed by atoms with Gasteiger partial charge in [-0.05, 0) is 58.4 Å². The van der Waals surface area contributed by atoms with E-state index in [0.29, 0.717) is 10.0 Å². The number of aromatic nitrogens is 2. The standard InChI is InChI=1S/C16H11BrFN3O/c17-14-9-12(18)10-19-15(14)20-16(22)11-3-5-13(6-4-11)21-7-1-2-8-21/h1-10H,(H,19,20,22). The van der Waals surface area contributed by atoms with Crippen LogP contribution in [0.3, 0.4) is 0 Å². The van der Waals surface area contributed by atoms with E-state index in [1.807, 2.05) is 41.2 Å². The molecule has 0 aliphatic rings. The molecule has 0 saturated heterocycles. The molecule has 2 aromatic heterocycles. The van der Waals surface area contributed by atoms with Crippen molar-refractivity contribution >= 4 is 27.7 Å². The van der Waals surface area contributed by atoms with E-state index in [1.54, 1.807) is 12.1 Å². The molecule has 110 valence electrons. The van der Waals surface area contributed by atoms with Gasteiger partial charge in [0, 0.05) is 23.6 Å². The summed E-state index contributed by atoms with van der Waals surface area (Å²) >= 11 is 3.17. The highest BCUT2D eigenvalue weighted by atomic mass is 79.9. The Bertz CT molecular complexity index is 801. The Hall–Kier alpha value is -2.47. The van der Waals surface area contributed by atoms with Crippen molar-refractivity contribution in [3.8, 4) is 5.69 Å². The van der Waals surface area contributed by atoms with Gasteiger partial charge in [0.25, 0.3) is 5.91 Å². The summed E-state index contributed by atoms with van der Waals surface area (Å²) in [7, 11) is 0. The minimum atomic E-state index is -0.471. The molecule has 0 spiro atoms. The maximum Gasteiger partial charge on any atom is 0.256 e. The number of anilines is 1. The predicted molar refractivity (Wildman–Crippen MR) is 85.6 cm³/mol. The summed E-state index contributed by atoms with van der Waals surface area (Å²) in [6.45, 7) is 0. The fraction of sp³-hybridized carbons (Fsp3) is 0. The number of pyridine rings is 1. The first-order chi connectivity index (χ1) is 10.6. The zero-order valence-corrected chi connectivity index (χ0v) is 12.9. The van der Waals surface area contributed by atoms with Crippen molar-refractivity contribution in [2.24, 2.45) is 0 Å². The van der Waals surface area contributed by atoms with Crippen LogP contribution >= 0.6 is 15.9 Å². The molecule has 0 atom stereocenters. The van der Waals surface area contributed by atoms with Gasteiger partial charge in [-0.3, -0.25) is 4.79 Å². The molecule has 0 bridgehead atoms. The van der Waals surface area contributed by atoms with Crippen molar-refractivity contribution < 1.29 is 9.18 Å². The number of nitrogens with zero attached hydrogens (tertiary/aromatic N) is 2. The highest BCUT2D eigenvalue weighted by Gasteiger charge is 2.10. The van der Waals surface area contributed by atoms with Gasteiger partial charge >= 0.3 is 0 Å². The molecule has 2 heterocycles. The number of amides is 1. The Morgan fingerprint density at radius 2 is 1.86 bits per heavy atom. The van der Waals surface area contributed by atoms with Gasteiger partial charge in [0.2, 0.25) is 0 Å². The summed E-state index contributed by atoms with van der Waals surface area (Å²) in [5.74, 6) is -0.499. The lowest BCUT2D eigenvalue weighted by molar-refractivity contribution is 0.102. The van der Waals surface area contributed by atoms with Crippen LogP contribution in [0.15, 0.2) is 65.5 Å². The average Bonchev–Trinajstić information content (AvgIpc) is 3.04. The second-order valence-corrected chi connectivity index (χ2v) is 5.43. The first-order valence-corrected chi connectivity index (χ1v) is 7.28. The first-order valence-electron chi connectivity index (χ1n) is 6.49. The maximum absolute atomic E-state index is 13.0. The topological polar surface area (TPSA) is 46.9 Å². The van der Waals surface area contributed by atoms with Crippen LogP contribution in [0.5, 0.6) is 0 Å². The van der Waals surface area contributed by atoms with Crippen LogP contribution in [0, 0.1) is 5.82 Å². The third-order valence-electron chi connectivity index (χ3n) is 3.07. The Morgan fingerprint density at radius 1 is 1.18 bits per heavy atom. The third kappa shape index (κ3) is 3.07. The molecular weight excluding hydrogens is 349 g/mol. The van der Waals surface area contributed by atoms with Crippen LogP contribution in [0.2, 0.25) is 0 Å². The summed E-state index contributed by atoms with van der Waals surface area (Å²) in [6, 6.07) is 12.3. The van der Waals surface area contributed by atoms with Gasteiger partial charge in [-0.1, -0.05) is 0 Å². The van der Waals surface area contributed by atoms with E-state index in [0.717, 1.165) is 11.9 Å². The lowest BCUT2D eigenvalue weighted by atomic mass is 10.2. The quantitative estimate of drug-likeness (QED) is 0.767. The molecule has 3 aromatic rings. The van der Waals surface area contributed by atoms with E-state index >= 15 is 0 Å². The molecule has 6 heteroatoms. The summed E-state index contributed by atoms with van der Waals surface area (Å²) < 4.78 is 15.3. The summed E-state index contributed by atoms with van der Waals surface area (Å²) in [5, 5.41) is 2.64. The molecule has 0 aliphatic heterocycles. The number of benzene rings is 1. The zero-order valence-electron chi connectivity index (χ0n) is 11.3. The Morgan fingerprint density at radius 3 is 2.50 bits per heavy atom. The van der Waals surface area contributed by atoms with Crippen LogP contribution in [-0.4, -0.2) is 15.5 Å². The van der Waals surface area contributed by atoms with Crippen molar-refractivity contribution in [1.82, 2.24) is 9.55 Å². The van der Waals surface area contributed by atoms with Crippen molar-refractivity contribution in [1.29, 1.82) is 0 Å². The minimum Gasteiger partial charge on any atom is -0.324 e. The van der Waals surface area contributed by atoms with E-state index in [4.69, 9.17) is 0 Å². The van der Waals surface area contributed by atoms with Crippen LogP contribution < -0.4 is 5.32 Å². The van der Waals surface area contributed by atoms with Crippen LogP contribution in [0.25, 0.3) is 5.69 Å². The molecule has 1 N–H and O–H groups in total. The number of rotatable bonds is 3. The van der Waals surface area contributed by atoms with Crippen LogP contribution in [0.4, 0.5) is 10.2 Å². The largest absolute Gasteiger partial charge is 0.324 e. The molecular formula is C16H11BrFN3O. The smallest absolute Gasteiger partial charge is 0.256 e. The van der Waals surface area contributed by atoms with Crippen LogP contribution in [-0.2, 0) is 0 Å². The lowest BCUT2D eigenvalue weighted by Crippen LogP contribution is -2.13. The van der Waals surface area contributed by atoms with E-state index in [2.05, 4.69) is 26.2 Å². The van der Waals surface area contributed by atoms with Gasteiger partial charge in [0.05, 0.1) is 10.7 Å². The number of carbonyl (C=O) groups excluding carboxylic acids is 1. The summed E-state index contributed by atoms with van der Waals surface area (Å²) in [4.78, 5) is 16.0. The molecule has 0 unspecified atom stereocenters. The molecule has 0 saturated carbocycles. The second kappa shape index (κ2) is 6.11. The number of nitrogens with one attached hydrogen (secondary N) is 1. The van der Waals surface area contributed by atoms with E-state index in [1.165, 1.54) is 6.07 Å². The summed E-state index contributed by atoms with van der Waals surface area (Å²) in [5.41, 5.74) is 1.46. The van der Waals surface area contributed by atoms with Crippen molar-refractivity contribution in [3.63, 3.8) is 0 Å². The van der Waals surface area contributed by atoms with E-state index in [9.17, 15) is 9.18 Å². The van der Waals surface area contributed by atoms with Crippen LogP contribution in [0.1, 0.15) is 10.4 Å². The van der Waals surface area contributed by atoms with Crippen molar-refractivity contribution in [3.05, 3.63) is 76.9 Å². The normalized spacial score (nSPS) is 10.5. The van der Waals surface area contributed by atoms with Gasteiger partial charge in [-0.15, -0.1) is 0 Å². The van der Waals surface area contributed by atoms with E-state index in [-0.39, 0.29) is 11.7 Å². The maximum atomic E-state index is 13.0. The van der Waals surface area contributed by atoms with Gasteiger partial charge in [0.15, 0.2) is 0 Å². The van der Waals surface area contributed by atoms with Crippen molar-refractivity contribution in [2.75, 3.05) is 5.32 Å². The minimum absolute atomic E-state index is 0.279. The second-order valence-electron chi connectivity index (χ2n) is 4.58. The zero-order chi connectivity index (χ0) is 15.5. The van der Waals surface area contributed by atoms with Gasteiger partial charge in [-0.2, -0.15) is 0 Å². The molecule has 1 aromatic carbocycles. The summed E-state index contributed by atoms with van der Waals surface area (Å²) in [6.07, 6.45) is 4.90. The molecule has 0 aliphatic carbocycles. The van der Waals surface area contributed by atoms with Gasteiger partial charge in [0.1, 0.15) is 11.6 Å². The SMILES string of the molecule is O=C(Nc1ncc(F)cc1Br)c1ccc(-n2cccc2)cc1. The Balaban J connectivity index is 1.77. The molecule has 1 amide bonds. The predicted octanol–water partition coefficient (Wildman–Crippen LogP) is 4.03. The molecule has 0 radical (unpaired) electrons. The third-order valence-corrected chi connectivity index (χ3v) is 3.68. The van der Waals surface area contributed by atoms with E-state index < -0.39 is 5.82 Å². The lowest BCUT2D eigenvalue weighted by Gasteiger charge is -2.08. The first kappa shape index (κ1) is 14.5. The number of hydrogen-bond donors (Lipinski definition) is 1. The highest BCUT2D eigenvalue weighted by Crippen LogP contribution is 2.21. The number of halogens is 2. The number of hydrogen-bond acceptors (Lipinski definition) is 2. The fourth-order valence-electron chi connectivity index (χ4n) is 1.98. The Labute approximate surface area is 134 Å².